The van der Waals surface area contributed by atoms with Crippen molar-refractivity contribution in [2.75, 3.05) is 31.5 Å². The van der Waals surface area contributed by atoms with Gasteiger partial charge in [0.05, 0.1) is 5.41 Å². The molecule has 2 heterocycles. The van der Waals surface area contributed by atoms with Crippen molar-refractivity contribution in [2.45, 2.75) is 46.1 Å². The minimum atomic E-state index is -0.255. The number of amides is 2. The second-order valence-corrected chi connectivity index (χ2v) is 8.47. The van der Waals surface area contributed by atoms with Crippen LogP contribution in [0.15, 0.2) is 30.5 Å². The Morgan fingerprint density at radius 3 is 2.86 bits per heavy atom. The summed E-state index contributed by atoms with van der Waals surface area (Å²) in [6.07, 6.45) is 6.43. The van der Waals surface area contributed by atoms with Gasteiger partial charge in [-0.25, -0.2) is 0 Å². The normalized spacial score (nSPS) is 23.7. The SMILES string of the molecule is CCN(CC)C(=O)Cn1ccc2cc(NC(=O)[C@@]34CCCC[C@H]3CNC4)ccc21. The lowest BCUT2D eigenvalue weighted by molar-refractivity contribution is -0.131. The Bertz CT molecular complexity index is 901. The molecule has 2 fully saturated rings. The molecule has 0 radical (unpaired) electrons. The van der Waals surface area contributed by atoms with E-state index in [2.05, 4.69) is 10.6 Å². The lowest BCUT2D eigenvalue weighted by atomic mass is 9.67. The molecular formula is C23H32N4O2. The minimum absolute atomic E-state index is 0.126. The van der Waals surface area contributed by atoms with E-state index in [-0.39, 0.29) is 17.2 Å². The molecule has 0 unspecified atom stereocenters. The van der Waals surface area contributed by atoms with Gasteiger partial charge in [-0.2, -0.15) is 0 Å². The van der Waals surface area contributed by atoms with Gasteiger partial charge in [0.15, 0.2) is 0 Å². The van der Waals surface area contributed by atoms with E-state index < -0.39 is 0 Å². The van der Waals surface area contributed by atoms with Gasteiger partial charge in [0.1, 0.15) is 6.54 Å². The van der Waals surface area contributed by atoms with Gasteiger partial charge in [-0.3, -0.25) is 9.59 Å². The molecule has 29 heavy (non-hydrogen) atoms. The summed E-state index contributed by atoms with van der Waals surface area (Å²) in [6.45, 7) is 7.53. The molecule has 2 N–H and O–H groups in total. The first-order chi connectivity index (χ1) is 14.1. The number of hydrogen-bond acceptors (Lipinski definition) is 3. The van der Waals surface area contributed by atoms with E-state index in [4.69, 9.17) is 0 Å². The van der Waals surface area contributed by atoms with E-state index in [1.165, 1.54) is 6.42 Å². The summed E-state index contributed by atoms with van der Waals surface area (Å²) in [5.41, 5.74) is 1.59. The predicted molar refractivity (Wildman–Crippen MR) is 116 cm³/mol. The van der Waals surface area contributed by atoms with Gasteiger partial charge in [0, 0.05) is 42.4 Å². The van der Waals surface area contributed by atoms with Crippen LogP contribution in [0, 0.1) is 11.3 Å². The largest absolute Gasteiger partial charge is 0.342 e. The third-order valence-corrected chi connectivity index (χ3v) is 6.94. The van der Waals surface area contributed by atoms with Crippen molar-refractivity contribution in [3.8, 4) is 0 Å². The first-order valence-electron chi connectivity index (χ1n) is 11.0. The number of rotatable bonds is 6. The third kappa shape index (κ3) is 3.66. The molecule has 2 aliphatic rings. The van der Waals surface area contributed by atoms with Crippen LogP contribution < -0.4 is 10.6 Å². The van der Waals surface area contributed by atoms with Gasteiger partial charge in [-0.05, 0) is 63.4 Å². The molecule has 6 heteroatoms. The van der Waals surface area contributed by atoms with Crippen molar-refractivity contribution in [1.82, 2.24) is 14.8 Å². The summed E-state index contributed by atoms with van der Waals surface area (Å²) < 4.78 is 1.98. The first kappa shape index (κ1) is 20.0. The number of anilines is 1. The zero-order chi connectivity index (χ0) is 20.4. The molecule has 0 bridgehead atoms. The van der Waals surface area contributed by atoms with Crippen molar-refractivity contribution < 1.29 is 9.59 Å². The van der Waals surface area contributed by atoms with Gasteiger partial charge >= 0.3 is 0 Å². The van der Waals surface area contributed by atoms with Crippen LogP contribution in [0.1, 0.15) is 39.5 Å². The molecule has 156 valence electrons. The summed E-state index contributed by atoms with van der Waals surface area (Å²) in [5.74, 6) is 0.732. The van der Waals surface area contributed by atoms with Crippen molar-refractivity contribution in [3.63, 3.8) is 0 Å². The smallest absolute Gasteiger partial charge is 0.242 e. The fraction of sp³-hybridized carbons (Fsp3) is 0.565. The maximum atomic E-state index is 13.2. The number of carbonyl (C=O) groups excluding carboxylic acids is 2. The predicted octanol–water partition coefficient (Wildman–Crippen LogP) is 3.23. The third-order valence-electron chi connectivity index (χ3n) is 6.94. The van der Waals surface area contributed by atoms with Crippen molar-refractivity contribution in [3.05, 3.63) is 30.5 Å². The molecule has 1 aliphatic carbocycles. The Hall–Kier alpha value is -2.34. The van der Waals surface area contributed by atoms with Crippen LogP contribution >= 0.6 is 0 Å². The molecular weight excluding hydrogens is 364 g/mol. The van der Waals surface area contributed by atoms with Gasteiger partial charge in [-0.15, -0.1) is 0 Å². The maximum Gasteiger partial charge on any atom is 0.242 e. The number of carbonyl (C=O) groups is 2. The summed E-state index contributed by atoms with van der Waals surface area (Å²) in [7, 11) is 0. The van der Waals surface area contributed by atoms with Crippen LogP contribution in [-0.2, 0) is 16.1 Å². The van der Waals surface area contributed by atoms with E-state index in [0.29, 0.717) is 12.5 Å². The van der Waals surface area contributed by atoms with Crippen molar-refractivity contribution in [1.29, 1.82) is 0 Å². The average Bonchev–Trinajstić information content (AvgIpc) is 3.34. The number of likely N-dealkylation sites (N-methyl/N-ethyl adjacent to an activating group) is 1. The lowest BCUT2D eigenvalue weighted by Gasteiger charge is -2.37. The number of fused-ring (bicyclic) bond motifs is 2. The van der Waals surface area contributed by atoms with Gasteiger partial charge < -0.3 is 20.1 Å². The lowest BCUT2D eigenvalue weighted by Crippen LogP contribution is -2.44. The number of hydrogen-bond donors (Lipinski definition) is 2. The maximum absolute atomic E-state index is 13.2. The second kappa shape index (κ2) is 8.19. The Morgan fingerprint density at radius 2 is 2.07 bits per heavy atom. The number of nitrogens with zero attached hydrogens (tertiary/aromatic N) is 2. The Balaban J connectivity index is 1.50. The Morgan fingerprint density at radius 1 is 1.24 bits per heavy atom. The Labute approximate surface area is 172 Å². The molecule has 2 amide bonds. The second-order valence-electron chi connectivity index (χ2n) is 8.47. The zero-order valence-corrected chi connectivity index (χ0v) is 17.5. The van der Waals surface area contributed by atoms with E-state index in [1.807, 2.05) is 53.8 Å². The van der Waals surface area contributed by atoms with Crippen LogP contribution in [0.2, 0.25) is 0 Å². The van der Waals surface area contributed by atoms with Gasteiger partial charge in [0.25, 0.3) is 0 Å². The molecule has 2 aromatic rings. The van der Waals surface area contributed by atoms with E-state index in [1.54, 1.807) is 0 Å². The molecule has 2 atom stereocenters. The summed E-state index contributed by atoms with van der Waals surface area (Å²) in [4.78, 5) is 27.5. The topological polar surface area (TPSA) is 66.4 Å². The highest BCUT2D eigenvalue weighted by Gasteiger charge is 2.49. The standard InChI is InChI=1S/C23H32N4O2/c1-3-26(4-2)21(28)15-27-12-10-17-13-19(8-9-20(17)27)25-22(29)23-11-6-5-7-18(23)14-24-16-23/h8-10,12-13,18,24H,3-7,11,14-16H2,1-2H3,(H,25,29)/t18-,23+/m0/s1. The molecule has 6 nitrogen and oxygen atoms in total. The van der Waals surface area contributed by atoms with E-state index in [9.17, 15) is 9.59 Å². The van der Waals surface area contributed by atoms with E-state index >= 15 is 0 Å². The number of benzene rings is 1. The van der Waals surface area contributed by atoms with Crippen molar-refractivity contribution >= 4 is 28.4 Å². The highest BCUT2D eigenvalue weighted by Crippen LogP contribution is 2.44. The van der Waals surface area contributed by atoms with Crippen LogP contribution in [0.25, 0.3) is 10.9 Å². The molecule has 0 spiro atoms. The van der Waals surface area contributed by atoms with Crippen LogP contribution in [-0.4, -0.2) is 47.5 Å². The average molecular weight is 397 g/mol. The molecule has 1 aliphatic heterocycles. The van der Waals surface area contributed by atoms with Crippen LogP contribution in [0.3, 0.4) is 0 Å². The molecule has 1 saturated carbocycles. The first-order valence-corrected chi connectivity index (χ1v) is 11.0. The molecule has 1 saturated heterocycles. The number of nitrogens with one attached hydrogen (secondary N) is 2. The summed E-state index contributed by atoms with van der Waals surface area (Å²) in [5, 5.41) is 7.67. The van der Waals surface area contributed by atoms with Crippen molar-refractivity contribution in [2.24, 2.45) is 11.3 Å². The molecule has 1 aromatic carbocycles. The number of aromatic nitrogens is 1. The summed E-state index contributed by atoms with van der Waals surface area (Å²) >= 11 is 0. The molecule has 4 rings (SSSR count). The minimum Gasteiger partial charge on any atom is -0.342 e. The highest BCUT2D eigenvalue weighted by molar-refractivity contribution is 5.98. The molecule has 1 aromatic heterocycles. The fourth-order valence-electron chi connectivity index (χ4n) is 5.18. The quantitative estimate of drug-likeness (QED) is 0.788. The Kier molecular flexibility index (Phi) is 5.63. The van der Waals surface area contributed by atoms with Gasteiger partial charge in [0.2, 0.25) is 11.8 Å². The fourth-order valence-corrected chi connectivity index (χ4v) is 5.18. The van der Waals surface area contributed by atoms with Gasteiger partial charge in [-0.1, -0.05) is 12.8 Å². The highest BCUT2D eigenvalue weighted by atomic mass is 16.2. The monoisotopic (exact) mass is 396 g/mol. The summed E-state index contributed by atoms with van der Waals surface area (Å²) in [6, 6.07) is 7.99. The zero-order valence-electron chi connectivity index (χ0n) is 17.5. The van der Waals surface area contributed by atoms with Crippen LogP contribution in [0.4, 0.5) is 5.69 Å². The van der Waals surface area contributed by atoms with E-state index in [0.717, 1.165) is 62.0 Å². The van der Waals surface area contributed by atoms with Crippen LogP contribution in [0.5, 0.6) is 0 Å².